The van der Waals surface area contributed by atoms with Gasteiger partial charge in [0.1, 0.15) is 11.0 Å². The first-order chi connectivity index (χ1) is 10.1. The first kappa shape index (κ1) is 16.9. The molecule has 2 rings (SSSR count). The Bertz CT molecular complexity index is 688. The molecule has 1 fully saturated rings. The smallest absolute Gasteiger partial charge is 0.268 e. The van der Waals surface area contributed by atoms with E-state index in [1.54, 1.807) is 18.2 Å². The fourth-order valence-electron chi connectivity index (χ4n) is 2.04. The molecule has 1 aliphatic rings. The summed E-state index contributed by atoms with van der Waals surface area (Å²) in [6.45, 7) is -0.734. The molecule has 1 aromatic carbocycles. The number of benzene rings is 1. The van der Waals surface area contributed by atoms with Crippen molar-refractivity contribution >= 4 is 26.7 Å². The van der Waals surface area contributed by atoms with Crippen molar-refractivity contribution in [2.75, 3.05) is 12.3 Å². The van der Waals surface area contributed by atoms with E-state index < -0.39 is 50.5 Å². The summed E-state index contributed by atoms with van der Waals surface area (Å²) in [5.41, 5.74) is -5.25. The van der Waals surface area contributed by atoms with Crippen LogP contribution in [-0.4, -0.2) is 45.9 Å². The third-order valence-corrected chi connectivity index (χ3v) is 6.54. The standard InChI is InChI=1S/C12H12F3NO4S2/c13-12(14,15)22(19,20)10-6-7-21(18)16(8-10)11(17)9-4-2-1-3-5-9/h1-5,10H,6-8H2. The lowest BCUT2D eigenvalue weighted by molar-refractivity contribution is -0.0447. The van der Waals surface area contributed by atoms with Gasteiger partial charge in [0.25, 0.3) is 15.7 Å². The van der Waals surface area contributed by atoms with E-state index in [2.05, 4.69) is 0 Å². The number of sulfone groups is 1. The number of nitrogens with zero attached hydrogens (tertiary/aromatic N) is 1. The molecule has 0 spiro atoms. The van der Waals surface area contributed by atoms with Gasteiger partial charge in [-0.25, -0.2) is 12.6 Å². The predicted molar refractivity (Wildman–Crippen MR) is 73.9 cm³/mol. The summed E-state index contributed by atoms with van der Waals surface area (Å²) < 4.78 is 73.3. The lowest BCUT2D eigenvalue weighted by atomic mass is 10.2. The number of carbonyl (C=O) groups is 1. The van der Waals surface area contributed by atoms with Gasteiger partial charge in [0.2, 0.25) is 0 Å². The van der Waals surface area contributed by atoms with Gasteiger partial charge in [-0.3, -0.25) is 9.10 Å². The molecule has 2 unspecified atom stereocenters. The van der Waals surface area contributed by atoms with Crippen molar-refractivity contribution < 1.29 is 30.6 Å². The minimum Gasteiger partial charge on any atom is -0.268 e. The van der Waals surface area contributed by atoms with E-state index >= 15 is 0 Å². The molecular formula is C12H12F3NO4S2. The molecule has 0 radical (unpaired) electrons. The second-order valence-corrected chi connectivity index (χ2v) is 8.37. The molecule has 0 aliphatic carbocycles. The van der Waals surface area contributed by atoms with Crippen LogP contribution in [-0.2, 0) is 20.8 Å². The molecule has 22 heavy (non-hydrogen) atoms. The SMILES string of the molecule is O=C(c1ccccc1)N1CC(S(=O)(=O)C(F)(F)F)CCS1=O. The van der Waals surface area contributed by atoms with E-state index in [1.807, 2.05) is 0 Å². The number of halogens is 3. The van der Waals surface area contributed by atoms with E-state index in [0.29, 0.717) is 4.31 Å². The van der Waals surface area contributed by atoms with Crippen LogP contribution in [0.4, 0.5) is 13.2 Å². The van der Waals surface area contributed by atoms with Crippen LogP contribution in [0.15, 0.2) is 30.3 Å². The number of carbonyl (C=O) groups excluding carboxylic acids is 1. The van der Waals surface area contributed by atoms with Crippen LogP contribution >= 0.6 is 0 Å². The molecule has 0 aromatic heterocycles. The van der Waals surface area contributed by atoms with Gasteiger partial charge in [-0.2, -0.15) is 13.2 Å². The van der Waals surface area contributed by atoms with E-state index in [9.17, 15) is 30.6 Å². The van der Waals surface area contributed by atoms with Gasteiger partial charge < -0.3 is 0 Å². The van der Waals surface area contributed by atoms with Crippen LogP contribution < -0.4 is 0 Å². The highest BCUT2D eigenvalue weighted by molar-refractivity contribution is 7.93. The van der Waals surface area contributed by atoms with E-state index in [4.69, 9.17) is 0 Å². The van der Waals surface area contributed by atoms with Crippen LogP contribution in [0.3, 0.4) is 0 Å². The van der Waals surface area contributed by atoms with Gasteiger partial charge >= 0.3 is 5.51 Å². The molecule has 1 aliphatic heterocycles. The van der Waals surface area contributed by atoms with E-state index in [0.717, 1.165) is 0 Å². The van der Waals surface area contributed by atoms with Crippen LogP contribution in [0, 0.1) is 0 Å². The van der Waals surface area contributed by atoms with Crippen molar-refractivity contribution in [3.05, 3.63) is 35.9 Å². The second-order valence-electron chi connectivity index (χ2n) is 4.66. The van der Waals surface area contributed by atoms with Crippen molar-refractivity contribution in [2.45, 2.75) is 17.2 Å². The Morgan fingerprint density at radius 1 is 1.23 bits per heavy atom. The zero-order chi connectivity index (χ0) is 16.5. The molecule has 122 valence electrons. The minimum absolute atomic E-state index is 0.140. The first-order valence-electron chi connectivity index (χ1n) is 6.20. The maximum atomic E-state index is 12.6. The number of alkyl halides is 3. The highest BCUT2D eigenvalue weighted by Crippen LogP contribution is 2.31. The van der Waals surface area contributed by atoms with Crippen molar-refractivity contribution in [2.24, 2.45) is 0 Å². The van der Waals surface area contributed by atoms with E-state index in [-0.39, 0.29) is 11.3 Å². The van der Waals surface area contributed by atoms with Crippen LogP contribution in [0.5, 0.6) is 0 Å². The molecule has 5 nitrogen and oxygen atoms in total. The summed E-state index contributed by atoms with van der Waals surface area (Å²) in [5.74, 6) is -1.06. The zero-order valence-electron chi connectivity index (χ0n) is 11.1. The van der Waals surface area contributed by atoms with Gasteiger partial charge in [-0.1, -0.05) is 18.2 Å². The molecule has 10 heteroatoms. The van der Waals surface area contributed by atoms with Gasteiger partial charge in [0, 0.05) is 11.3 Å². The number of hydrogen-bond acceptors (Lipinski definition) is 4. The van der Waals surface area contributed by atoms with Gasteiger partial charge in [-0.15, -0.1) is 0 Å². The minimum atomic E-state index is -5.40. The fraction of sp³-hybridized carbons (Fsp3) is 0.417. The molecule has 1 saturated heterocycles. The van der Waals surface area contributed by atoms with Crippen molar-refractivity contribution in [1.82, 2.24) is 4.31 Å². The molecule has 0 N–H and O–H groups in total. The Balaban J connectivity index is 2.26. The van der Waals surface area contributed by atoms with Crippen LogP contribution in [0.25, 0.3) is 0 Å². The molecule has 1 amide bonds. The monoisotopic (exact) mass is 355 g/mol. The van der Waals surface area contributed by atoms with Gasteiger partial charge in [0.15, 0.2) is 0 Å². The Labute approximate surface area is 127 Å². The number of rotatable bonds is 2. The van der Waals surface area contributed by atoms with Gasteiger partial charge in [0.05, 0.1) is 11.8 Å². The quantitative estimate of drug-likeness (QED) is 0.806. The summed E-state index contributed by atoms with van der Waals surface area (Å²) in [6, 6.07) is 7.57. The third-order valence-electron chi connectivity index (χ3n) is 3.24. The topological polar surface area (TPSA) is 71.5 Å². The number of hydrogen-bond donors (Lipinski definition) is 0. The average Bonchev–Trinajstić information content (AvgIpc) is 2.46. The fourth-order valence-corrected chi connectivity index (χ4v) is 4.78. The molecule has 2 atom stereocenters. The predicted octanol–water partition coefficient (Wildman–Crippen LogP) is 1.50. The Kier molecular flexibility index (Phi) is 4.62. The van der Waals surface area contributed by atoms with Crippen LogP contribution in [0.1, 0.15) is 16.8 Å². The van der Waals surface area contributed by atoms with Crippen molar-refractivity contribution in [3.8, 4) is 0 Å². The van der Waals surface area contributed by atoms with E-state index in [1.165, 1.54) is 12.1 Å². The Morgan fingerprint density at radius 2 is 1.82 bits per heavy atom. The van der Waals surface area contributed by atoms with Gasteiger partial charge in [-0.05, 0) is 18.6 Å². The Morgan fingerprint density at radius 3 is 2.36 bits per heavy atom. The molecule has 0 saturated carbocycles. The molecule has 0 bridgehead atoms. The summed E-state index contributed by atoms with van der Waals surface area (Å²) in [4.78, 5) is 12.2. The van der Waals surface area contributed by atoms with Crippen molar-refractivity contribution in [3.63, 3.8) is 0 Å². The zero-order valence-corrected chi connectivity index (χ0v) is 12.7. The summed E-state index contributed by atoms with van der Waals surface area (Å²) >= 11 is 0. The summed E-state index contributed by atoms with van der Waals surface area (Å²) in [7, 11) is -7.24. The largest absolute Gasteiger partial charge is 0.497 e. The summed E-state index contributed by atoms with van der Waals surface area (Å²) in [5, 5.41) is -1.79. The second kappa shape index (κ2) is 5.99. The highest BCUT2D eigenvalue weighted by Gasteiger charge is 2.52. The maximum Gasteiger partial charge on any atom is 0.497 e. The van der Waals surface area contributed by atoms with Crippen molar-refractivity contribution in [1.29, 1.82) is 0 Å². The number of amides is 1. The Hall–Kier alpha value is -1.42. The molecule has 1 aromatic rings. The lowest BCUT2D eigenvalue weighted by Gasteiger charge is -2.31. The average molecular weight is 355 g/mol. The lowest BCUT2D eigenvalue weighted by Crippen LogP contribution is -2.50. The molecule has 1 heterocycles. The first-order valence-corrected chi connectivity index (χ1v) is 9.02. The summed E-state index contributed by atoms with van der Waals surface area (Å²) in [6.07, 6.45) is -0.396. The molecular weight excluding hydrogens is 343 g/mol. The third kappa shape index (κ3) is 3.17. The maximum absolute atomic E-state index is 12.6. The van der Waals surface area contributed by atoms with Crippen LogP contribution in [0.2, 0.25) is 0 Å². The normalized spacial score (nSPS) is 23.3. The highest BCUT2D eigenvalue weighted by atomic mass is 32.2.